The molecular weight excluding hydrogens is 636 g/mol. The van der Waals surface area contributed by atoms with Crippen LogP contribution in [0.25, 0.3) is 0 Å². The van der Waals surface area contributed by atoms with Gasteiger partial charge in [-0.3, -0.25) is 14.4 Å². The zero-order valence-electron chi connectivity index (χ0n) is 34.1. The Bertz CT molecular complexity index is 813. The second-order valence-electron chi connectivity index (χ2n) is 15.9. The maximum Gasteiger partial charge on any atom is 0.306 e. The standard InChI is InChI=1S/3C15H28O2/c1-14-12-10-8-6-4-2-3-5-7-9-11-13-15(16)17-14;1-2-14-12-10-8-6-4-3-5-7-9-11-13-15(16)17-14;1-2-11-14-12-9-7-5-3-4-6-8-10-13-15(16)17-14/h3*14H,2-13H2,1H3. The molecule has 3 aliphatic rings. The van der Waals surface area contributed by atoms with E-state index >= 15 is 0 Å². The van der Waals surface area contributed by atoms with Gasteiger partial charge in [-0.2, -0.15) is 0 Å². The van der Waals surface area contributed by atoms with Crippen LogP contribution in [0.3, 0.4) is 0 Å². The highest BCUT2D eigenvalue weighted by Gasteiger charge is 2.15. The number of rotatable bonds is 3. The number of carbonyl (C=O) groups excluding carboxylic acids is 3. The second-order valence-corrected chi connectivity index (χ2v) is 15.9. The lowest BCUT2D eigenvalue weighted by Gasteiger charge is -2.17. The van der Waals surface area contributed by atoms with Gasteiger partial charge in [0.25, 0.3) is 0 Å². The molecule has 0 saturated carbocycles. The first-order chi connectivity index (χ1) is 24.9. The van der Waals surface area contributed by atoms with E-state index in [-0.39, 0.29) is 36.2 Å². The van der Waals surface area contributed by atoms with Crippen molar-refractivity contribution >= 4 is 17.9 Å². The average Bonchev–Trinajstić information content (AvgIpc) is 3.12. The minimum absolute atomic E-state index is 0.00683. The number of ether oxygens (including phenoxy) is 3. The molecule has 3 fully saturated rings. The Hall–Kier alpha value is -1.59. The summed E-state index contributed by atoms with van der Waals surface area (Å²) in [6, 6.07) is 0. The Labute approximate surface area is 316 Å². The fraction of sp³-hybridized carbons (Fsp3) is 0.933. The Morgan fingerprint density at radius 2 is 0.686 bits per heavy atom. The Balaban J connectivity index is 0.000000382. The van der Waals surface area contributed by atoms with Gasteiger partial charge in [0.05, 0.1) is 6.10 Å². The topological polar surface area (TPSA) is 78.9 Å². The maximum absolute atomic E-state index is 11.6. The molecule has 0 aromatic heterocycles. The molecule has 3 rings (SSSR count). The van der Waals surface area contributed by atoms with E-state index in [0.29, 0.717) is 19.3 Å². The quantitative estimate of drug-likeness (QED) is 0.213. The number of hydrogen-bond donors (Lipinski definition) is 0. The van der Waals surface area contributed by atoms with Crippen molar-refractivity contribution < 1.29 is 28.6 Å². The zero-order valence-corrected chi connectivity index (χ0v) is 34.1. The predicted octanol–water partition coefficient (Wildman–Crippen LogP) is 13.8. The van der Waals surface area contributed by atoms with Crippen molar-refractivity contribution in [1.82, 2.24) is 0 Å². The van der Waals surface area contributed by atoms with Crippen LogP contribution in [0.4, 0.5) is 0 Å². The molecule has 6 heteroatoms. The molecule has 6 nitrogen and oxygen atoms in total. The Morgan fingerprint density at radius 1 is 0.392 bits per heavy atom. The largest absolute Gasteiger partial charge is 0.463 e. The number of carbonyl (C=O) groups is 3. The zero-order chi connectivity index (χ0) is 37.0. The van der Waals surface area contributed by atoms with E-state index in [1.165, 1.54) is 154 Å². The molecule has 3 aliphatic heterocycles. The van der Waals surface area contributed by atoms with Gasteiger partial charge >= 0.3 is 17.9 Å². The number of hydrogen-bond acceptors (Lipinski definition) is 6. The SMILES string of the molecule is CC1CCCCCCCCCCCCC(=O)O1.CCC1CCCCCCCCCCCC(=O)O1.CCCC1CCCCCCCCCCC(=O)O1. The van der Waals surface area contributed by atoms with Gasteiger partial charge in [-0.15, -0.1) is 0 Å². The van der Waals surface area contributed by atoms with Crippen molar-refractivity contribution in [2.24, 2.45) is 0 Å². The van der Waals surface area contributed by atoms with Crippen LogP contribution in [0, 0.1) is 0 Å². The molecule has 3 unspecified atom stereocenters. The third-order valence-electron chi connectivity index (χ3n) is 10.8. The van der Waals surface area contributed by atoms with E-state index in [1.54, 1.807) is 0 Å². The normalized spacial score (nSPS) is 25.9. The lowest BCUT2D eigenvalue weighted by atomic mass is 10.0. The molecule has 3 saturated heterocycles. The Kier molecular flexibility index (Phi) is 33.0. The van der Waals surface area contributed by atoms with Crippen molar-refractivity contribution in [1.29, 1.82) is 0 Å². The van der Waals surface area contributed by atoms with Crippen molar-refractivity contribution in [3.05, 3.63) is 0 Å². The minimum atomic E-state index is 0.00683. The summed E-state index contributed by atoms with van der Waals surface area (Å²) in [5.41, 5.74) is 0. The van der Waals surface area contributed by atoms with E-state index in [1.807, 2.05) is 6.92 Å². The summed E-state index contributed by atoms with van der Waals surface area (Å²) in [6.45, 7) is 6.30. The van der Waals surface area contributed by atoms with Crippen LogP contribution in [0.2, 0.25) is 0 Å². The van der Waals surface area contributed by atoms with Gasteiger partial charge in [-0.25, -0.2) is 0 Å². The fourth-order valence-corrected chi connectivity index (χ4v) is 7.46. The lowest BCUT2D eigenvalue weighted by molar-refractivity contribution is -0.150. The maximum atomic E-state index is 11.6. The van der Waals surface area contributed by atoms with Crippen LogP contribution in [-0.2, 0) is 28.6 Å². The van der Waals surface area contributed by atoms with Gasteiger partial charge in [0.2, 0.25) is 0 Å². The first kappa shape index (κ1) is 47.4. The van der Waals surface area contributed by atoms with E-state index < -0.39 is 0 Å². The molecule has 3 heterocycles. The molecule has 0 bridgehead atoms. The molecule has 0 radical (unpaired) electrons. The first-order valence-electron chi connectivity index (χ1n) is 22.5. The van der Waals surface area contributed by atoms with Crippen molar-refractivity contribution in [3.8, 4) is 0 Å². The van der Waals surface area contributed by atoms with E-state index in [9.17, 15) is 14.4 Å². The van der Waals surface area contributed by atoms with E-state index in [0.717, 1.165) is 57.8 Å². The summed E-state index contributed by atoms with van der Waals surface area (Å²) in [5, 5.41) is 0. The summed E-state index contributed by atoms with van der Waals surface area (Å²) in [6.07, 6.45) is 42.9. The summed E-state index contributed by atoms with van der Waals surface area (Å²) in [4.78, 5) is 34.8. The summed E-state index contributed by atoms with van der Waals surface area (Å²) < 4.78 is 16.5. The lowest BCUT2D eigenvalue weighted by Crippen LogP contribution is -2.18. The van der Waals surface area contributed by atoms with Crippen LogP contribution in [-0.4, -0.2) is 36.2 Å². The molecule has 0 amide bonds. The summed E-state index contributed by atoms with van der Waals surface area (Å²) in [7, 11) is 0. The molecule has 3 atom stereocenters. The van der Waals surface area contributed by atoms with Crippen LogP contribution >= 0.6 is 0 Å². The number of esters is 3. The minimum Gasteiger partial charge on any atom is -0.463 e. The van der Waals surface area contributed by atoms with Crippen LogP contribution in [0.5, 0.6) is 0 Å². The summed E-state index contributed by atoms with van der Waals surface area (Å²) in [5.74, 6) is 0.0592. The van der Waals surface area contributed by atoms with E-state index in [4.69, 9.17) is 14.2 Å². The average molecular weight is 721 g/mol. The molecule has 0 aromatic rings. The number of cyclic esters (lactones) is 3. The van der Waals surface area contributed by atoms with Gasteiger partial charge in [0.1, 0.15) is 12.2 Å². The van der Waals surface area contributed by atoms with Gasteiger partial charge < -0.3 is 14.2 Å². The monoisotopic (exact) mass is 721 g/mol. The molecule has 300 valence electrons. The molecule has 51 heavy (non-hydrogen) atoms. The molecule has 0 spiro atoms. The van der Waals surface area contributed by atoms with Gasteiger partial charge in [-0.1, -0.05) is 155 Å². The summed E-state index contributed by atoms with van der Waals surface area (Å²) >= 11 is 0. The highest BCUT2D eigenvalue weighted by Crippen LogP contribution is 2.19. The van der Waals surface area contributed by atoms with Crippen LogP contribution in [0.1, 0.15) is 252 Å². The van der Waals surface area contributed by atoms with Gasteiger partial charge in [0, 0.05) is 19.3 Å². The molecule has 0 N–H and O–H groups in total. The van der Waals surface area contributed by atoms with Gasteiger partial charge in [0.15, 0.2) is 0 Å². The third kappa shape index (κ3) is 31.6. The smallest absolute Gasteiger partial charge is 0.306 e. The fourth-order valence-electron chi connectivity index (χ4n) is 7.46. The molecule has 0 aromatic carbocycles. The van der Waals surface area contributed by atoms with E-state index in [2.05, 4.69) is 13.8 Å². The van der Waals surface area contributed by atoms with Crippen LogP contribution in [0.15, 0.2) is 0 Å². The van der Waals surface area contributed by atoms with Crippen molar-refractivity contribution in [3.63, 3.8) is 0 Å². The third-order valence-corrected chi connectivity index (χ3v) is 10.8. The highest BCUT2D eigenvalue weighted by molar-refractivity contribution is 5.70. The van der Waals surface area contributed by atoms with Crippen LogP contribution < -0.4 is 0 Å². The first-order valence-corrected chi connectivity index (χ1v) is 22.5. The van der Waals surface area contributed by atoms with Crippen molar-refractivity contribution in [2.45, 2.75) is 270 Å². The Morgan fingerprint density at radius 3 is 1.06 bits per heavy atom. The molecular formula is C45H84O6. The second kappa shape index (κ2) is 35.4. The molecule has 0 aliphatic carbocycles. The van der Waals surface area contributed by atoms with Gasteiger partial charge in [-0.05, 0) is 77.6 Å². The van der Waals surface area contributed by atoms with Crippen molar-refractivity contribution in [2.75, 3.05) is 0 Å². The predicted molar refractivity (Wildman–Crippen MR) is 213 cm³/mol. The highest BCUT2D eigenvalue weighted by atomic mass is 16.5.